The first-order valence-corrected chi connectivity index (χ1v) is 13.3. The number of allylic oxidation sites excluding steroid dienone is 1. The maximum atomic E-state index is 13.4. The molecule has 1 aliphatic carbocycles. The number of thioether (sulfide) groups is 1. The van der Waals surface area contributed by atoms with Crippen LogP contribution in [0.2, 0.25) is 0 Å². The van der Waals surface area contributed by atoms with E-state index in [2.05, 4.69) is 0 Å². The lowest BCUT2D eigenvalue weighted by Gasteiger charge is -2.17. The van der Waals surface area contributed by atoms with Crippen molar-refractivity contribution in [3.05, 3.63) is 82.0 Å². The van der Waals surface area contributed by atoms with Crippen molar-refractivity contribution in [3.63, 3.8) is 0 Å². The molecule has 1 aliphatic heterocycles. The summed E-state index contributed by atoms with van der Waals surface area (Å²) >= 11 is 1.26. The van der Waals surface area contributed by atoms with E-state index in [1.165, 1.54) is 22.7 Å². The van der Waals surface area contributed by atoms with Crippen LogP contribution in [0.15, 0.2) is 59.6 Å². The second-order valence-electron chi connectivity index (χ2n) is 8.80. The largest absolute Gasteiger partial charge is 0.508 e. The van der Waals surface area contributed by atoms with Crippen molar-refractivity contribution in [2.24, 2.45) is 0 Å². The summed E-state index contributed by atoms with van der Waals surface area (Å²) in [6.45, 7) is 2.08. The zero-order valence-corrected chi connectivity index (χ0v) is 21.6. The van der Waals surface area contributed by atoms with E-state index in [1.54, 1.807) is 19.1 Å². The van der Waals surface area contributed by atoms with E-state index in [0.717, 1.165) is 34.2 Å². The second-order valence-corrected chi connectivity index (χ2v) is 9.79. The Hall–Kier alpha value is -4.11. The van der Waals surface area contributed by atoms with Crippen LogP contribution in [0.5, 0.6) is 5.75 Å². The van der Waals surface area contributed by atoms with Crippen LogP contribution >= 0.6 is 11.8 Å². The molecule has 8 nitrogen and oxygen atoms in total. The highest BCUT2D eigenvalue weighted by molar-refractivity contribution is 8.04. The Morgan fingerprint density at radius 2 is 1.89 bits per heavy atom. The summed E-state index contributed by atoms with van der Waals surface area (Å²) in [5.41, 5.74) is 4.75. The summed E-state index contributed by atoms with van der Waals surface area (Å²) in [4.78, 5) is 43.9. The summed E-state index contributed by atoms with van der Waals surface area (Å²) < 4.78 is 10.6. The molecule has 3 aromatic rings. The molecule has 2 aliphatic rings. The average Bonchev–Trinajstić information content (AvgIpc) is 3.46. The van der Waals surface area contributed by atoms with Crippen molar-refractivity contribution in [1.29, 1.82) is 0 Å². The highest BCUT2D eigenvalue weighted by Crippen LogP contribution is 2.38. The Morgan fingerprint density at radius 3 is 2.68 bits per heavy atom. The van der Waals surface area contributed by atoms with Gasteiger partial charge in [-0.15, -0.1) is 0 Å². The van der Waals surface area contributed by atoms with Crippen molar-refractivity contribution in [2.45, 2.75) is 19.8 Å². The van der Waals surface area contributed by atoms with Gasteiger partial charge in [-0.25, -0.2) is 14.6 Å². The van der Waals surface area contributed by atoms with Crippen LogP contribution in [0, 0.1) is 0 Å². The van der Waals surface area contributed by atoms with Crippen LogP contribution < -0.4 is 0 Å². The maximum absolute atomic E-state index is 13.4. The molecule has 2 aromatic carbocycles. The zero-order valence-electron chi connectivity index (χ0n) is 20.8. The van der Waals surface area contributed by atoms with E-state index in [1.807, 2.05) is 42.5 Å². The topological polar surface area (TPSA) is 106 Å². The third-order valence-electron chi connectivity index (χ3n) is 6.37. The minimum absolute atomic E-state index is 0.0209. The summed E-state index contributed by atoms with van der Waals surface area (Å²) in [5, 5.41) is 10.8. The van der Waals surface area contributed by atoms with Gasteiger partial charge in [-0.05, 0) is 60.7 Å². The Balaban J connectivity index is 1.39. The van der Waals surface area contributed by atoms with Crippen LogP contribution in [0.25, 0.3) is 22.6 Å². The molecule has 0 spiro atoms. The maximum Gasteiger partial charge on any atom is 0.339 e. The molecule has 1 amide bonds. The highest BCUT2D eigenvalue weighted by atomic mass is 32.2. The summed E-state index contributed by atoms with van der Waals surface area (Å²) in [7, 11) is 0. The Morgan fingerprint density at radius 1 is 1.11 bits per heavy atom. The van der Waals surface area contributed by atoms with Crippen LogP contribution in [-0.2, 0) is 25.5 Å². The molecule has 1 aromatic heterocycles. The number of benzene rings is 2. The van der Waals surface area contributed by atoms with Gasteiger partial charge in [0.05, 0.1) is 46.8 Å². The molecule has 1 fully saturated rings. The van der Waals surface area contributed by atoms with Crippen LogP contribution in [-0.4, -0.2) is 58.3 Å². The number of nitrogens with zero attached hydrogens (tertiary/aromatic N) is 2. The van der Waals surface area contributed by atoms with E-state index >= 15 is 0 Å². The quantitative estimate of drug-likeness (QED) is 0.350. The number of carbonyl (C=O) groups excluding carboxylic acids is 3. The minimum Gasteiger partial charge on any atom is -0.508 e. The predicted molar refractivity (Wildman–Crippen MR) is 145 cm³/mol. The highest BCUT2D eigenvalue weighted by Gasteiger charge is 2.30. The van der Waals surface area contributed by atoms with Gasteiger partial charge in [0.1, 0.15) is 12.4 Å². The standard InChI is InChI=1S/C29H26N2O6S/c1-2-36-26(34)16-25-31(24(33)17-38-25)13-14-37-29(35)27-21-5-3-4-6-23(21)30-28-19(9-12-22(27)28)15-18-7-10-20(32)11-8-18/h3-8,10-11,15-16,32H,2,9,12-14,17H2,1H3/b19-15-,25-16+. The fraction of sp³-hybridized carbons (Fsp3) is 0.241. The average molecular weight is 531 g/mol. The molecule has 5 rings (SSSR count). The number of pyridine rings is 1. The molecule has 38 heavy (non-hydrogen) atoms. The number of phenolic OH excluding ortho intramolecular Hbond substituents is 1. The van der Waals surface area contributed by atoms with Gasteiger partial charge >= 0.3 is 11.9 Å². The van der Waals surface area contributed by atoms with Crippen LogP contribution in [0.3, 0.4) is 0 Å². The molecule has 0 radical (unpaired) electrons. The van der Waals surface area contributed by atoms with Crippen molar-refractivity contribution in [2.75, 3.05) is 25.5 Å². The fourth-order valence-electron chi connectivity index (χ4n) is 4.64. The van der Waals surface area contributed by atoms with Gasteiger partial charge < -0.3 is 19.5 Å². The SMILES string of the molecule is CCOC(=O)/C=C1/SCC(=O)N1CCOC(=O)c1c2c(nc3ccccc13)/C(=C\c1ccc(O)cc1)CC2. The van der Waals surface area contributed by atoms with Gasteiger partial charge in [0.25, 0.3) is 0 Å². The van der Waals surface area contributed by atoms with Crippen molar-refractivity contribution >= 4 is 52.2 Å². The normalized spacial score (nSPS) is 16.9. The van der Waals surface area contributed by atoms with Gasteiger partial charge in [0.2, 0.25) is 5.91 Å². The number of carbonyl (C=O) groups is 3. The number of fused-ring (bicyclic) bond motifs is 2. The van der Waals surface area contributed by atoms with Crippen molar-refractivity contribution < 1.29 is 29.0 Å². The third kappa shape index (κ3) is 5.28. The van der Waals surface area contributed by atoms with E-state index in [0.29, 0.717) is 22.5 Å². The molecule has 9 heteroatoms. The summed E-state index contributed by atoms with van der Waals surface area (Å²) in [6, 6.07) is 14.4. The smallest absolute Gasteiger partial charge is 0.339 e. The number of rotatable bonds is 7. The van der Waals surface area contributed by atoms with Gasteiger partial charge in [0, 0.05) is 5.39 Å². The molecule has 0 atom stereocenters. The number of phenols is 1. The Labute approximate surface area is 223 Å². The molecule has 0 bridgehead atoms. The van der Waals surface area contributed by atoms with E-state index in [-0.39, 0.29) is 37.2 Å². The van der Waals surface area contributed by atoms with Gasteiger partial charge in [-0.2, -0.15) is 0 Å². The minimum atomic E-state index is -0.512. The number of aromatic hydroxyl groups is 1. The molecular formula is C29H26N2O6S. The fourth-order valence-corrected chi connectivity index (χ4v) is 5.60. The lowest BCUT2D eigenvalue weighted by atomic mass is 10.0. The third-order valence-corrected chi connectivity index (χ3v) is 7.39. The molecule has 1 N–H and O–H groups in total. The summed E-state index contributed by atoms with van der Waals surface area (Å²) in [5.74, 6) is -0.716. The van der Waals surface area contributed by atoms with Gasteiger partial charge in [-0.3, -0.25) is 4.79 Å². The van der Waals surface area contributed by atoms with Crippen LogP contribution in [0.1, 0.15) is 40.5 Å². The van der Waals surface area contributed by atoms with Gasteiger partial charge in [0.15, 0.2) is 0 Å². The van der Waals surface area contributed by atoms with Crippen LogP contribution in [0.4, 0.5) is 0 Å². The first kappa shape index (κ1) is 25.5. The number of para-hydroxylation sites is 1. The van der Waals surface area contributed by atoms with E-state index in [4.69, 9.17) is 14.5 Å². The first-order chi connectivity index (χ1) is 18.4. The molecule has 0 unspecified atom stereocenters. The molecule has 1 saturated heterocycles. The van der Waals surface area contributed by atoms with Crippen molar-refractivity contribution in [1.82, 2.24) is 9.88 Å². The number of esters is 2. The number of aromatic nitrogens is 1. The summed E-state index contributed by atoms with van der Waals surface area (Å²) in [6.07, 6.45) is 4.69. The molecule has 194 valence electrons. The molecule has 0 saturated carbocycles. The number of amides is 1. The first-order valence-electron chi connectivity index (χ1n) is 12.3. The number of ether oxygens (including phenoxy) is 2. The van der Waals surface area contributed by atoms with Crippen molar-refractivity contribution in [3.8, 4) is 5.75 Å². The van der Waals surface area contributed by atoms with E-state index < -0.39 is 11.9 Å². The zero-order chi connectivity index (χ0) is 26.6. The molecular weight excluding hydrogens is 504 g/mol. The van der Waals surface area contributed by atoms with E-state index in [9.17, 15) is 19.5 Å². The Bertz CT molecular complexity index is 1480. The lowest BCUT2D eigenvalue weighted by molar-refractivity contribution is -0.137. The monoisotopic (exact) mass is 530 g/mol. The Kier molecular flexibility index (Phi) is 7.46. The molecule has 2 heterocycles. The number of hydrogen-bond acceptors (Lipinski definition) is 8. The number of hydrogen-bond donors (Lipinski definition) is 1. The lowest BCUT2D eigenvalue weighted by Crippen LogP contribution is -2.29. The predicted octanol–water partition coefficient (Wildman–Crippen LogP) is 4.56. The second kappa shape index (κ2) is 11.1. The van der Waals surface area contributed by atoms with Gasteiger partial charge in [-0.1, -0.05) is 42.1 Å².